The van der Waals surface area contributed by atoms with Gasteiger partial charge in [-0.15, -0.1) is 0 Å². The first-order valence-electron chi connectivity index (χ1n) is 10.6. The smallest absolute Gasteiger partial charge is 0.281 e. The molecule has 1 saturated carbocycles. The second kappa shape index (κ2) is 9.60. The average Bonchev–Trinajstić information content (AvgIpc) is 2.81. The van der Waals surface area contributed by atoms with E-state index in [0.29, 0.717) is 24.3 Å². The summed E-state index contributed by atoms with van der Waals surface area (Å²) in [4.78, 5) is 74.0. The van der Waals surface area contributed by atoms with E-state index in [9.17, 15) is 56.2 Å². The number of carbonyl (C=O) groups is 4. The van der Waals surface area contributed by atoms with Crippen LogP contribution < -0.4 is 0 Å². The first kappa shape index (κ1) is 28.4. The van der Waals surface area contributed by atoms with Gasteiger partial charge in [-0.3, -0.25) is 39.4 Å². The van der Waals surface area contributed by atoms with Crippen LogP contribution in [0.5, 0.6) is 0 Å². The maximum atomic E-state index is 13.8. The van der Waals surface area contributed by atoms with Gasteiger partial charge in [0.1, 0.15) is 0 Å². The number of carbonyl (C=O) groups excluding carboxylic acids is 4. The van der Waals surface area contributed by atoms with Crippen LogP contribution in [0, 0.1) is 25.6 Å². The molecule has 2 aromatic rings. The highest BCUT2D eigenvalue weighted by molar-refractivity contribution is 7.91. The molecule has 0 aromatic heterocycles. The van der Waals surface area contributed by atoms with E-state index in [1.807, 2.05) is 0 Å². The van der Waals surface area contributed by atoms with Crippen molar-refractivity contribution in [1.82, 2.24) is 0 Å². The van der Waals surface area contributed by atoms with Gasteiger partial charge in [-0.2, -0.15) is 0 Å². The Balaban J connectivity index is 2.36. The fourth-order valence-electron chi connectivity index (χ4n) is 4.12. The lowest BCUT2D eigenvalue weighted by molar-refractivity contribution is -0.385. The first-order chi connectivity index (χ1) is 17.4. The highest BCUT2D eigenvalue weighted by Crippen LogP contribution is 2.41. The summed E-state index contributed by atoms with van der Waals surface area (Å²) < 4.78 is 47.5. The van der Waals surface area contributed by atoms with Gasteiger partial charge < -0.3 is 0 Å². The maximum absolute atomic E-state index is 13.8. The van der Waals surface area contributed by atoms with Gasteiger partial charge in [0.05, 0.1) is 30.8 Å². The molecule has 0 unspecified atom stereocenters. The third-order valence-electron chi connectivity index (χ3n) is 6.00. The van der Waals surface area contributed by atoms with Crippen molar-refractivity contribution >= 4 is 54.2 Å². The number of nitro benzene ring substituents is 2. The van der Waals surface area contributed by atoms with Gasteiger partial charge in [0.25, 0.3) is 11.4 Å². The summed E-state index contributed by atoms with van der Waals surface area (Å²) in [5.74, 6) is -5.81. The molecule has 0 atom stereocenters. The van der Waals surface area contributed by atoms with E-state index in [0.717, 1.165) is 24.6 Å². The number of rotatable bonds is 8. The van der Waals surface area contributed by atoms with E-state index in [2.05, 4.69) is 0 Å². The van der Waals surface area contributed by atoms with Crippen molar-refractivity contribution < 1.29 is 45.9 Å². The van der Waals surface area contributed by atoms with Gasteiger partial charge in [-0.05, 0) is 30.7 Å². The SMILES string of the molecule is CS(=O)(=O)c1ccc(C(=O)C2(C(=O)c3ccc(S(C)(=O)=O)cc3[N+](=O)[O-])C(=O)CCCC2=O)c([N+](=O)[O-])c1. The molecule has 200 valence electrons. The van der Waals surface area contributed by atoms with Gasteiger partial charge in [-0.1, -0.05) is 0 Å². The summed E-state index contributed by atoms with van der Waals surface area (Å²) in [5, 5.41) is 23.5. The van der Waals surface area contributed by atoms with E-state index < -0.39 is 103 Å². The Kier molecular flexibility index (Phi) is 7.18. The fourth-order valence-corrected chi connectivity index (χ4v) is 5.41. The standard InChI is InChI=1S/C22H18N2O12S2/c1-37(33,34)12-6-8-14(16(10-12)23(29)30)20(27)22(18(25)4-3-5-19(22)26)21(28)15-9-7-13(38(2,35)36)11-17(15)24(31)32/h6-11H,3-5H2,1-2H3. The third-order valence-corrected chi connectivity index (χ3v) is 8.22. The summed E-state index contributed by atoms with van der Waals surface area (Å²) in [6.07, 6.45) is 0.434. The Morgan fingerprint density at radius 2 is 1.08 bits per heavy atom. The summed E-state index contributed by atoms with van der Waals surface area (Å²) >= 11 is 0. The van der Waals surface area contributed by atoms with Crippen LogP contribution in [0.4, 0.5) is 11.4 Å². The number of hydrogen-bond donors (Lipinski definition) is 0. The molecule has 2 aromatic carbocycles. The molecule has 1 fully saturated rings. The molecule has 0 spiro atoms. The van der Waals surface area contributed by atoms with E-state index in [4.69, 9.17) is 0 Å². The third kappa shape index (κ3) is 4.74. The second-order valence-electron chi connectivity index (χ2n) is 8.52. The fraction of sp³-hybridized carbons (Fsp3) is 0.273. The van der Waals surface area contributed by atoms with Crippen molar-refractivity contribution in [3.63, 3.8) is 0 Å². The quantitative estimate of drug-likeness (QED) is 0.193. The number of Topliss-reactive ketones (excluding diaryl/α,β-unsaturated/α-hetero) is 4. The van der Waals surface area contributed by atoms with Crippen LogP contribution in [-0.4, -0.2) is 62.3 Å². The molecule has 3 rings (SSSR count). The molecule has 0 radical (unpaired) electrons. The molecule has 38 heavy (non-hydrogen) atoms. The van der Waals surface area contributed by atoms with Crippen LogP contribution in [0.3, 0.4) is 0 Å². The molecule has 0 saturated heterocycles. The first-order valence-corrected chi connectivity index (χ1v) is 14.4. The molecule has 0 N–H and O–H groups in total. The van der Waals surface area contributed by atoms with Crippen LogP contribution in [0.25, 0.3) is 0 Å². The monoisotopic (exact) mass is 566 g/mol. The molecule has 14 nitrogen and oxygen atoms in total. The number of ketones is 4. The van der Waals surface area contributed by atoms with Crippen LogP contribution in [-0.2, 0) is 29.3 Å². The van der Waals surface area contributed by atoms with E-state index in [-0.39, 0.29) is 6.42 Å². The number of nitro groups is 2. The summed E-state index contributed by atoms with van der Waals surface area (Å²) in [7, 11) is -7.99. The van der Waals surface area contributed by atoms with Crippen molar-refractivity contribution in [2.45, 2.75) is 29.1 Å². The van der Waals surface area contributed by atoms with Crippen LogP contribution >= 0.6 is 0 Å². The summed E-state index contributed by atoms with van der Waals surface area (Å²) in [6, 6.07) is 4.05. The largest absolute Gasteiger partial charge is 0.298 e. The number of hydrogen-bond acceptors (Lipinski definition) is 12. The van der Waals surface area contributed by atoms with Crippen LogP contribution in [0.1, 0.15) is 40.0 Å². The minimum Gasteiger partial charge on any atom is -0.298 e. The van der Waals surface area contributed by atoms with Crippen molar-refractivity contribution in [2.75, 3.05) is 12.5 Å². The second-order valence-corrected chi connectivity index (χ2v) is 12.6. The Bertz CT molecular complexity index is 1550. The van der Waals surface area contributed by atoms with Crippen molar-refractivity contribution in [1.29, 1.82) is 0 Å². The van der Waals surface area contributed by atoms with Gasteiger partial charge in [0.2, 0.25) is 5.41 Å². The van der Waals surface area contributed by atoms with Gasteiger partial charge in [0.15, 0.2) is 42.8 Å². The normalized spacial score (nSPS) is 15.6. The highest BCUT2D eigenvalue weighted by Gasteiger charge is 2.61. The lowest BCUT2D eigenvalue weighted by Crippen LogP contribution is -2.54. The zero-order valence-corrected chi connectivity index (χ0v) is 21.3. The summed E-state index contributed by atoms with van der Waals surface area (Å²) in [5.41, 5.74) is -7.34. The minimum atomic E-state index is -3.99. The maximum Gasteiger partial charge on any atom is 0.281 e. The predicted octanol–water partition coefficient (Wildman–Crippen LogP) is 1.68. The molecule has 16 heteroatoms. The summed E-state index contributed by atoms with van der Waals surface area (Å²) in [6.45, 7) is 0. The Morgan fingerprint density at radius 1 is 0.737 bits per heavy atom. The van der Waals surface area contributed by atoms with E-state index >= 15 is 0 Å². The molecule has 1 aliphatic rings. The van der Waals surface area contributed by atoms with Gasteiger partial charge in [0, 0.05) is 37.5 Å². The van der Waals surface area contributed by atoms with E-state index in [1.165, 1.54) is 0 Å². The zero-order chi connectivity index (χ0) is 28.8. The molecule has 0 amide bonds. The molecular formula is C22H18N2O12S2. The Morgan fingerprint density at radius 3 is 1.37 bits per heavy atom. The van der Waals surface area contributed by atoms with Gasteiger partial charge >= 0.3 is 0 Å². The number of sulfone groups is 2. The van der Waals surface area contributed by atoms with Crippen molar-refractivity contribution in [3.8, 4) is 0 Å². The lowest BCUT2D eigenvalue weighted by Gasteiger charge is -2.31. The minimum absolute atomic E-state index is 0.0653. The molecule has 0 heterocycles. The van der Waals surface area contributed by atoms with Crippen LogP contribution in [0.2, 0.25) is 0 Å². The molecule has 0 aliphatic heterocycles. The Labute approximate surface area is 214 Å². The average molecular weight is 567 g/mol. The van der Waals surface area contributed by atoms with Crippen molar-refractivity contribution in [2.24, 2.45) is 5.41 Å². The number of benzene rings is 2. The predicted molar refractivity (Wildman–Crippen MR) is 127 cm³/mol. The highest BCUT2D eigenvalue weighted by atomic mass is 32.2. The van der Waals surface area contributed by atoms with Gasteiger partial charge in [-0.25, -0.2) is 16.8 Å². The molecule has 0 bridgehead atoms. The Hall–Kier alpha value is -4.18. The van der Waals surface area contributed by atoms with Crippen LogP contribution in [0.15, 0.2) is 46.2 Å². The topological polar surface area (TPSA) is 223 Å². The molecular weight excluding hydrogens is 548 g/mol. The zero-order valence-electron chi connectivity index (χ0n) is 19.7. The number of nitrogens with zero attached hydrogens (tertiary/aromatic N) is 2. The molecule has 1 aliphatic carbocycles. The van der Waals surface area contributed by atoms with Crippen molar-refractivity contribution in [3.05, 3.63) is 67.8 Å². The van der Waals surface area contributed by atoms with E-state index in [1.54, 1.807) is 0 Å². The lowest BCUT2D eigenvalue weighted by atomic mass is 9.63.